The average Bonchev–Trinajstić information content (AvgIpc) is 3.31. The number of rotatable bonds is 2. The van der Waals surface area contributed by atoms with Crippen molar-refractivity contribution in [2.24, 2.45) is 0 Å². The van der Waals surface area contributed by atoms with Crippen LogP contribution in [0.2, 0.25) is 5.02 Å². The van der Waals surface area contributed by atoms with Gasteiger partial charge in [0, 0.05) is 29.7 Å². The summed E-state index contributed by atoms with van der Waals surface area (Å²) in [6.07, 6.45) is 0. The molecule has 3 heterocycles. The standard InChI is InChI=1S/C20H18ClN5O2/c1-22-19(27)18-23-17-12-25-9-10-28-20(25,13-5-3-2-4-6-13)15-11-14(21)7-8-16(15)26(17)24-18/h2-8,11H,9-10,12H2,1H3,(H,22,27). The number of carbonyl (C=O) groups is 1. The highest BCUT2D eigenvalue weighted by molar-refractivity contribution is 6.30. The van der Waals surface area contributed by atoms with Gasteiger partial charge in [-0.2, -0.15) is 0 Å². The van der Waals surface area contributed by atoms with E-state index in [2.05, 4.69) is 32.4 Å². The third kappa shape index (κ3) is 2.40. The summed E-state index contributed by atoms with van der Waals surface area (Å²) in [7, 11) is 1.57. The number of hydrogen-bond donors (Lipinski definition) is 1. The van der Waals surface area contributed by atoms with Gasteiger partial charge >= 0.3 is 0 Å². The maximum absolute atomic E-state index is 12.1. The van der Waals surface area contributed by atoms with Crippen molar-refractivity contribution < 1.29 is 9.53 Å². The molecule has 2 aromatic carbocycles. The number of aromatic nitrogens is 3. The molecule has 8 heteroatoms. The van der Waals surface area contributed by atoms with Gasteiger partial charge in [0.15, 0.2) is 5.72 Å². The molecule has 3 aromatic rings. The van der Waals surface area contributed by atoms with Crippen LogP contribution in [-0.4, -0.2) is 45.8 Å². The molecule has 0 spiro atoms. The molecule has 1 fully saturated rings. The maximum Gasteiger partial charge on any atom is 0.290 e. The molecule has 0 radical (unpaired) electrons. The van der Waals surface area contributed by atoms with Crippen LogP contribution < -0.4 is 5.32 Å². The fourth-order valence-electron chi connectivity index (χ4n) is 4.06. The summed E-state index contributed by atoms with van der Waals surface area (Å²) >= 11 is 6.39. The predicted octanol–water partition coefficient (Wildman–Crippen LogP) is 2.33. The van der Waals surface area contributed by atoms with Crippen LogP contribution >= 0.6 is 11.6 Å². The molecule has 2 aliphatic rings. The van der Waals surface area contributed by atoms with Crippen LogP contribution in [0.1, 0.15) is 27.6 Å². The van der Waals surface area contributed by atoms with Crippen molar-refractivity contribution in [3.8, 4) is 5.69 Å². The van der Waals surface area contributed by atoms with Gasteiger partial charge in [-0.1, -0.05) is 41.9 Å². The van der Waals surface area contributed by atoms with Crippen LogP contribution in [0.15, 0.2) is 48.5 Å². The molecule has 5 rings (SSSR count). The van der Waals surface area contributed by atoms with Gasteiger partial charge in [0.25, 0.3) is 5.91 Å². The summed E-state index contributed by atoms with van der Waals surface area (Å²) in [5.41, 5.74) is 1.93. The van der Waals surface area contributed by atoms with Gasteiger partial charge in [0.1, 0.15) is 5.82 Å². The number of nitrogens with zero attached hydrogens (tertiary/aromatic N) is 4. The van der Waals surface area contributed by atoms with Crippen LogP contribution in [0, 0.1) is 0 Å². The molecule has 1 unspecified atom stereocenters. The fraction of sp³-hybridized carbons (Fsp3) is 0.250. The second kappa shape index (κ2) is 6.41. The second-order valence-corrected chi connectivity index (χ2v) is 7.22. The van der Waals surface area contributed by atoms with Crippen molar-refractivity contribution >= 4 is 17.5 Å². The first kappa shape index (κ1) is 17.4. The minimum Gasteiger partial charge on any atom is -0.352 e. The van der Waals surface area contributed by atoms with Crippen molar-refractivity contribution in [1.29, 1.82) is 0 Å². The van der Waals surface area contributed by atoms with E-state index in [0.717, 1.165) is 23.4 Å². The van der Waals surface area contributed by atoms with E-state index in [4.69, 9.17) is 16.3 Å². The Balaban J connectivity index is 1.80. The summed E-state index contributed by atoms with van der Waals surface area (Å²) in [5, 5.41) is 7.67. The van der Waals surface area contributed by atoms with Gasteiger partial charge in [-0.3, -0.25) is 9.69 Å². The highest BCUT2D eigenvalue weighted by Gasteiger charge is 2.49. The van der Waals surface area contributed by atoms with Crippen LogP contribution in [-0.2, 0) is 17.0 Å². The lowest BCUT2D eigenvalue weighted by Gasteiger charge is -2.37. The van der Waals surface area contributed by atoms with Gasteiger partial charge in [0.05, 0.1) is 18.8 Å². The lowest BCUT2D eigenvalue weighted by Crippen LogP contribution is -2.42. The van der Waals surface area contributed by atoms with Crippen molar-refractivity contribution in [2.45, 2.75) is 12.3 Å². The van der Waals surface area contributed by atoms with E-state index in [1.807, 2.05) is 36.4 Å². The zero-order valence-corrected chi connectivity index (χ0v) is 16.0. The van der Waals surface area contributed by atoms with Gasteiger partial charge < -0.3 is 10.1 Å². The first-order valence-electron chi connectivity index (χ1n) is 9.06. The Kier molecular flexibility index (Phi) is 3.97. The molecule has 0 saturated carbocycles. The third-order valence-corrected chi connectivity index (χ3v) is 5.51. The zero-order valence-electron chi connectivity index (χ0n) is 15.2. The Bertz CT molecular complexity index is 1070. The minimum absolute atomic E-state index is 0.144. The molecule has 0 aliphatic carbocycles. The lowest BCUT2D eigenvalue weighted by atomic mass is 9.92. The number of carbonyl (C=O) groups excluding carboxylic acids is 1. The van der Waals surface area contributed by atoms with E-state index >= 15 is 0 Å². The summed E-state index contributed by atoms with van der Waals surface area (Å²) in [5.74, 6) is 0.513. The fourth-order valence-corrected chi connectivity index (χ4v) is 4.23. The van der Waals surface area contributed by atoms with Crippen LogP contribution in [0.5, 0.6) is 0 Å². The molecule has 0 bridgehead atoms. The Morgan fingerprint density at radius 2 is 2.07 bits per heavy atom. The molecule has 1 atom stereocenters. The van der Waals surface area contributed by atoms with E-state index in [1.165, 1.54) is 0 Å². The largest absolute Gasteiger partial charge is 0.352 e. The monoisotopic (exact) mass is 395 g/mol. The molecule has 1 N–H and O–H groups in total. The SMILES string of the molecule is CNC(=O)c1nc2n(n1)-c1ccc(Cl)cc1C1(c3ccccc3)OCCN1C2. The smallest absolute Gasteiger partial charge is 0.290 e. The molecule has 2 aliphatic heterocycles. The molecule has 1 aromatic heterocycles. The van der Waals surface area contributed by atoms with Crippen LogP contribution in [0.25, 0.3) is 5.69 Å². The zero-order chi connectivity index (χ0) is 19.3. The normalized spacial score (nSPS) is 20.8. The van der Waals surface area contributed by atoms with Crippen molar-refractivity contribution in [3.05, 3.63) is 76.3 Å². The average molecular weight is 396 g/mol. The Labute approximate surface area is 166 Å². The maximum atomic E-state index is 12.1. The van der Waals surface area contributed by atoms with E-state index < -0.39 is 5.72 Å². The predicted molar refractivity (Wildman–Crippen MR) is 103 cm³/mol. The first-order valence-corrected chi connectivity index (χ1v) is 9.44. The number of ether oxygens (including phenoxy) is 1. The lowest BCUT2D eigenvalue weighted by molar-refractivity contribution is -0.0551. The summed E-state index contributed by atoms with van der Waals surface area (Å²) in [4.78, 5) is 18.8. The summed E-state index contributed by atoms with van der Waals surface area (Å²) in [6.45, 7) is 1.80. The number of benzene rings is 2. The number of amides is 1. The van der Waals surface area contributed by atoms with Crippen LogP contribution in [0.3, 0.4) is 0 Å². The van der Waals surface area contributed by atoms with Gasteiger partial charge in [-0.25, -0.2) is 9.67 Å². The van der Waals surface area contributed by atoms with Gasteiger partial charge in [0.2, 0.25) is 5.82 Å². The highest BCUT2D eigenvalue weighted by atomic mass is 35.5. The number of fused-ring (bicyclic) bond motifs is 5. The summed E-state index contributed by atoms with van der Waals surface area (Å²) < 4.78 is 8.14. The van der Waals surface area contributed by atoms with E-state index in [1.54, 1.807) is 11.7 Å². The van der Waals surface area contributed by atoms with Gasteiger partial charge in [-0.15, -0.1) is 5.10 Å². The Morgan fingerprint density at radius 3 is 2.86 bits per heavy atom. The molecule has 1 saturated heterocycles. The molecule has 7 nitrogen and oxygen atoms in total. The molecular formula is C20H18ClN5O2. The van der Waals surface area contributed by atoms with Crippen LogP contribution in [0.4, 0.5) is 0 Å². The van der Waals surface area contributed by atoms with Crippen molar-refractivity contribution in [2.75, 3.05) is 20.2 Å². The van der Waals surface area contributed by atoms with Crippen molar-refractivity contribution in [3.63, 3.8) is 0 Å². The number of halogens is 1. The van der Waals surface area contributed by atoms with Crippen molar-refractivity contribution in [1.82, 2.24) is 25.0 Å². The molecular weight excluding hydrogens is 378 g/mol. The highest BCUT2D eigenvalue weighted by Crippen LogP contribution is 2.46. The van der Waals surface area contributed by atoms with Gasteiger partial charge in [-0.05, 0) is 18.2 Å². The molecule has 142 valence electrons. The third-order valence-electron chi connectivity index (χ3n) is 5.27. The Hall–Kier alpha value is -2.74. The first-order chi connectivity index (χ1) is 13.6. The summed E-state index contributed by atoms with van der Waals surface area (Å²) in [6, 6.07) is 15.7. The Morgan fingerprint density at radius 1 is 1.25 bits per heavy atom. The molecule has 1 amide bonds. The second-order valence-electron chi connectivity index (χ2n) is 6.78. The minimum atomic E-state index is -0.781. The van der Waals surface area contributed by atoms with E-state index in [-0.39, 0.29) is 11.7 Å². The topological polar surface area (TPSA) is 72.3 Å². The van der Waals surface area contributed by atoms with E-state index in [0.29, 0.717) is 24.0 Å². The molecule has 28 heavy (non-hydrogen) atoms. The number of nitrogens with one attached hydrogen (secondary N) is 1. The quantitative estimate of drug-likeness (QED) is 0.721. The number of hydrogen-bond acceptors (Lipinski definition) is 5. The van der Waals surface area contributed by atoms with E-state index in [9.17, 15) is 4.79 Å².